The minimum Gasteiger partial charge on any atom is -0.493 e. The minimum atomic E-state index is 0.828. The Hall–Kier alpha value is -2.14. The molecule has 0 bridgehead atoms. The van der Waals surface area contributed by atoms with E-state index in [4.69, 9.17) is 4.74 Å². The first kappa shape index (κ1) is 14.5. The molecule has 0 aliphatic carbocycles. The van der Waals surface area contributed by atoms with Crippen LogP contribution in [0.5, 0.6) is 5.75 Å². The maximum Gasteiger partial charge on any atom is 0.151 e. The van der Waals surface area contributed by atoms with Crippen molar-refractivity contribution in [2.24, 2.45) is 0 Å². The molecule has 5 nitrogen and oxygen atoms in total. The van der Waals surface area contributed by atoms with Gasteiger partial charge in [-0.1, -0.05) is 12.1 Å². The van der Waals surface area contributed by atoms with E-state index >= 15 is 0 Å². The van der Waals surface area contributed by atoms with Gasteiger partial charge in [0.2, 0.25) is 0 Å². The van der Waals surface area contributed by atoms with Gasteiger partial charge in [-0.2, -0.15) is 5.10 Å². The molecule has 120 valence electrons. The molecule has 0 atom stereocenters. The lowest BCUT2D eigenvalue weighted by Gasteiger charge is -2.35. The standard InChI is InChI=1S/C18H22N4O/c1-14-2-5-18(20-19-14)22-9-7-21(8-10-22)13-15-3-4-16-6-11-23-17(16)12-15/h2-5,12H,6-11,13H2,1H3. The van der Waals surface area contributed by atoms with E-state index in [9.17, 15) is 0 Å². The van der Waals surface area contributed by atoms with Crippen LogP contribution < -0.4 is 9.64 Å². The van der Waals surface area contributed by atoms with E-state index < -0.39 is 0 Å². The molecule has 0 N–H and O–H groups in total. The molecule has 0 radical (unpaired) electrons. The molecule has 3 heterocycles. The fourth-order valence-electron chi connectivity index (χ4n) is 3.26. The van der Waals surface area contributed by atoms with Crippen LogP contribution >= 0.6 is 0 Å². The summed E-state index contributed by atoms with van der Waals surface area (Å²) in [6, 6.07) is 10.8. The van der Waals surface area contributed by atoms with Crippen molar-refractivity contribution in [1.82, 2.24) is 15.1 Å². The third-order valence-electron chi connectivity index (χ3n) is 4.65. The van der Waals surface area contributed by atoms with Gasteiger partial charge in [0.15, 0.2) is 5.82 Å². The number of fused-ring (bicyclic) bond motifs is 1. The lowest BCUT2D eigenvalue weighted by Crippen LogP contribution is -2.46. The SMILES string of the molecule is Cc1ccc(N2CCN(Cc3ccc4c(c3)OCC4)CC2)nn1. The summed E-state index contributed by atoms with van der Waals surface area (Å²) < 4.78 is 5.67. The van der Waals surface area contributed by atoms with Gasteiger partial charge in [-0.15, -0.1) is 5.10 Å². The quantitative estimate of drug-likeness (QED) is 0.868. The van der Waals surface area contributed by atoms with Gasteiger partial charge >= 0.3 is 0 Å². The molecular formula is C18H22N4O. The molecular weight excluding hydrogens is 288 g/mol. The zero-order valence-electron chi connectivity index (χ0n) is 13.5. The molecule has 23 heavy (non-hydrogen) atoms. The Morgan fingerprint density at radius 3 is 2.70 bits per heavy atom. The summed E-state index contributed by atoms with van der Waals surface area (Å²) in [6.45, 7) is 7.88. The van der Waals surface area contributed by atoms with Gasteiger partial charge in [0, 0.05) is 39.1 Å². The molecule has 2 aliphatic rings. The summed E-state index contributed by atoms with van der Waals surface area (Å²) in [6.07, 6.45) is 1.05. The Kier molecular flexibility index (Phi) is 3.87. The van der Waals surface area contributed by atoms with E-state index in [0.717, 1.165) is 63.0 Å². The number of aromatic nitrogens is 2. The van der Waals surface area contributed by atoms with E-state index in [1.807, 2.05) is 13.0 Å². The molecule has 4 rings (SSSR count). The molecule has 1 aromatic heterocycles. The van der Waals surface area contributed by atoms with Gasteiger partial charge in [-0.05, 0) is 36.2 Å². The topological polar surface area (TPSA) is 41.5 Å². The van der Waals surface area contributed by atoms with Crippen LogP contribution in [-0.2, 0) is 13.0 Å². The lowest BCUT2D eigenvalue weighted by molar-refractivity contribution is 0.249. The summed E-state index contributed by atoms with van der Waals surface area (Å²) in [5.41, 5.74) is 3.65. The highest BCUT2D eigenvalue weighted by Gasteiger charge is 2.19. The van der Waals surface area contributed by atoms with Gasteiger partial charge in [-0.3, -0.25) is 4.90 Å². The molecule has 2 aromatic rings. The summed E-state index contributed by atoms with van der Waals surface area (Å²) in [4.78, 5) is 4.81. The molecule has 5 heteroatoms. The van der Waals surface area contributed by atoms with Crippen molar-refractivity contribution in [3.63, 3.8) is 0 Å². The highest BCUT2D eigenvalue weighted by Crippen LogP contribution is 2.27. The Bertz CT molecular complexity index is 678. The molecule has 1 fully saturated rings. The third kappa shape index (κ3) is 3.15. The number of hydrogen-bond donors (Lipinski definition) is 0. The van der Waals surface area contributed by atoms with Crippen molar-refractivity contribution < 1.29 is 4.74 Å². The average Bonchev–Trinajstić information content (AvgIpc) is 3.04. The first-order valence-electron chi connectivity index (χ1n) is 8.30. The van der Waals surface area contributed by atoms with Gasteiger partial charge in [0.05, 0.1) is 12.3 Å². The van der Waals surface area contributed by atoms with Crippen molar-refractivity contribution >= 4 is 5.82 Å². The van der Waals surface area contributed by atoms with E-state index in [1.165, 1.54) is 11.1 Å². The maximum atomic E-state index is 5.67. The smallest absolute Gasteiger partial charge is 0.151 e. The highest BCUT2D eigenvalue weighted by molar-refractivity contribution is 5.40. The van der Waals surface area contributed by atoms with E-state index in [0.29, 0.717) is 0 Å². The Labute approximate surface area is 136 Å². The Morgan fingerprint density at radius 1 is 1.04 bits per heavy atom. The van der Waals surface area contributed by atoms with Crippen molar-refractivity contribution in [3.05, 3.63) is 47.2 Å². The van der Waals surface area contributed by atoms with Crippen LogP contribution in [0.3, 0.4) is 0 Å². The van der Waals surface area contributed by atoms with Gasteiger partial charge < -0.3 is 9.64 Å². The Morgan fingerprint density at radius 2 is 1.91 bits per heavy atom. The Balaban J connectivity index is 1.35. The lowest BCUT2D eigenvalue weighted by atomic mass is 10.1. The van der Waals surface area contributed by atoms with Crippen LogP contribution in [0.1, 0.15) is 16.8 Å². The van der Waals surface area contributed by atoms with Crippen molar-refractivity contribution in [1.29, 1.82) is 0 Å². The van der Waals surface area contributed by atoms with Crippen LogP contribution in [0.25, 0.3) is 0 Å². The summed E-state index contributed by atoms with van der Waals surface area (Å²) in [5.74, 6) is 2.07. The number of anilines is 1. The number of rotatable bonds is 3. The maximum absolute atomic E-state index is 5.67. The van der Waals surface area contributed by atoms with Crippen LogP contribution in [0, 0.1) is 6.92 Å². The second-order valence-electron chi connectivity index (χ2n) is 6.34. The molecule has 1 saturated heterocycles. The van der Waals surface area contributed by atoms with Crippen LogP contribution in [0.2, 0.25) is 0 Å². The normalized spacial score (nSPS) is 17.9. The van der Waals surface area contributed by atoms with E-state index in [1.54, 1.807) is 0 Å². The monoisotopic (exact) mass is 310 g/mol. The van der Waals surface area contributed by atoms with E-state index in [-0.39, 0.29) is 0 Å². The van der Waals surface area contributed by atoms with Crippen molar-refractivity contribution in [2.75, 3.05) is 37.7 Å². The number of nitrogens with zero attached hydrogens (tertiary/aromatic N) is 4. The first-order chi connectivity index (χ1) is 11.3. The summed E-state index contributed by atoms with van der Waals surface area (Å²) in [7, 11) is 0. The predicted molar refractivity (Wildman–Crippen MR) is 89.9 cm³/mol. The van der Waals surface area contributed by atoms with Crippen molar-refractivity contribution in [2.45, 2.75) is 19.9 Å². The molecule has 0 unspecified atom stereocenters. The second kappa shape index (κ2) is 6.16. The highest BCUT2D eigenvalue weighted by atomic mass is 16.5. The second-order valence-corrected chi connectivity index (χ2v) is 6.34. The molecule has 0 spiro atoms. The summed E-state index contributed by atoms with van der Waals surface area (Å²) in [5, 5.41) is 8.45. The van der Waals surface area contributed by atoms with Crippen LogP contribution in [0.4, 0.5) is 5.82 Å². The number of hydrogen-bond acceptors (Lipinski definition) is 5. The molecule has 2 aliphatic heterocycles. The minimum absolute atomic E-state index is 0.828. The molecule has 0 amide bonds. The van der Waals surface area contributed by atoms with Crippen molar-refractivity contribution in [3.8, 4) is 5.75 Å². The molecule has 1 aromatic carbocycles. The largest absolute Gasteiger partial charge is 0.493 e. The fraction of sp³-hybridized carbons (Fsp3) is 0.444. The van der Waals surface area contributed by atoms with Crippen LogP contribution in [-0.4, -0.2) is 47.9 Å². The van der Waals surface area contributed by atoms with Gasteiger partial charge in [0.25, 0.3) is 0 Å². The number of ether oxygens (including phenoxy) is 1. The fourth-order valence-corrected chi connectivity index (χ4v) is 3.26. The predicted octanol–water partition coefficient (Wildman–Crippen LogP) is 2.04. The van der Waals surface area contributed by atoms with Gasteiger partial charge in [0.1, 0.15) is 5.75 Å². The number of piperazine rings is 1. The summed E-state index contributed by atoms with van der Waals surface area (Å²) >= 11 is 0. The zero-order valence-corrected chi connectivity index (χ0v) is 13.5. The van der Waals surface area contributed by atoms with Crippen LogP contribution in [0.15, 0.2) is 30.3 Å². The third-order valence-corrected chi connectivity index (χ3v) is 4.65. The zero-order chi connectivity index (χ0) is 15.6. The number of benzene rings is 1. The molecule has 0 saturated carbocycles. The first-order valence-corrected chi connectivity index (χ1v) is 8.30. The number of aryl methyl sites for hydroxylation is 1. The average molecular weight is 310 g/mol. The van der Waals surface area contributed by atoms with E-state index in [2.05, 4.69) is 44.3 Å². The van der Waals surface area contributed by atoms with Gasteiger partial charge in [-0.25, -0.2) is 0 Å².